The molecule has 26 heavy (non-hydrogen) atoms. The van der Waals surface area contributed by atoms with E-state index in [4.69, 9.17) is 32.7 Å². The quantitative estimate of drug-likeness (QED) is 0.733. The van der Waals surface area contributed by atoms with Gasteiger partial charge in [-0.25, -0.2) is 0 Å². The van der Waals surface area contributed by atoms with Gasteiger partial charge in [0.05, 0.1) is 12.8 Å². The maximum absolute atomic E-state index is 12.1. The molecule has 2 N–H and O–H groups in total. The lowest BCUT2D eigenvalue weighted by Crippen LogP contribution is -2.38. The van der Waals surface area contributed by atoms with Crippen LogP contribution < -0.4 is 15.4 Å². The fraction of sp³-hybridized carbons (Fsp3) is 0.222. The molecule has 2 rings (SSSR count). The van der Waals surface area contributed by atoms with E-state index in [1.165, 1.54) is 20.3 Å². The van der Waals surface area contributed by atoms with Gasteiger partial charge in [0.1, 0.15) is 11.9 Å². The molecule has 0 aliphatic rings. The van der Waals surface area contributed by atoms with Crippen LogP contribution in [0.15, 0.2) is 42.5 Å². The zero-order chi connectivity index (χ0) is 19.1. The number of ether oxygens (including phenoxy) is 2. The average molecular weight is 397 g/mol. The van der Waals surface area contributed by atoms with Crippen molar-refractivity contribution in [2.24, 2.45) is 0 Å². The van der Waals surface area contributed by atoms with Crippen molar-refractivity contribution in [3.8, 4) is 5.75 Å². The number of carbonyl (C=O) groups excluding carboxylic acids is 2. The zero-order valence-corrected chi connectivity index (χ0v) is 15.7. The van der Waals surface area contributed by atoms with Crippen LogP contribution in [-0.4, -0.2) is 32.6 Å². The first-order valence-corrected chi connectivity index (χ1v) is 8.41. The fourth-order valence-corrected chi connectivity index (χ4v) is 2.71. The molecule has 0 radical (unpaired) electrons. The number of hydrogen-bond donors (Lipinski definition) is 2. The molecule has 1 atom stereocenters. The largest absolute Gasteiger partial charge is 0.495 e. The van der Waals surface area contributed by atoms with Crippen molar-refractivity contribution in [2.75, 3.05) is 26.1 Å². The number of anilines is 1. The van der Waals surface area contributed by atoms with Crippen LogP contribution in [0, 0.1) is 0 Å². The summed E-state index contributed by atoms with van der Waals surface area (Å²) in [5.41, 5.74) is 1.02. The predicted molar refractivity (Wildman–Crippen MR) is 101 cm³/mol. The monoisotopic (exact) mass is 396 g/mol. The van der Waals surface area contributed by atoms with Crippen LogP contribution in [0.25, 0.3) is 0 Å². The number of methoxy groups -OCH3 is 2. The molecular weight excluding hydrogens is 379 g/mol. The molecule has 2 aromatic carbocycles. The van der Waals surface area contributed by atoms with E-state index in [9.17, 15) is 9.59 Å². The number of halogens is 2. The summed E-state index contributed by atoms with van der Waals surface area (Å²) in [6.07, 6.45) is -0.485. The van der Waals surface area contributed by atoms with Crippen molar-refractivity contribution in [2.45, 2.75) is 6.10 Å². The standard InChI is InChI=1S/C18H18Cl2N2O4/c1-25-15-8-7-11(19)9-14(15)22-18(24)17(23)21-10-16(26-2)12-5-3-4-6-13(12)20/h3-9,16H,10H2,1-2H3,(H,21,23)(H,22,24). The number of amides is 2. The lowest BCUT2D eigenvalue weighted by Gasteiger charge is -2.17. The zero-order valence-electron chi connectivity index (χ0n) is 14.2. The van der Waals surface area contributed by atoms with Crippen LogP contribution in [0.1, 0.15) is 11.7 Å². The van der Waals surface area contributed by atoms with Gasteiger partial charge in [-0.1, -0.05) is 41.4 Å². The molecule has 0 heterocycles. The van der Waals surface area contributed by atoms with E-state index in [1.54, 1.807) is 30.3 Å². The summed E-state index contributed by atoms with van der Waals surface area (Å²) in [7, 11) is 2.95. The number of carbonyl (C=O) groups is 2. The van der Waals surface area contributed by atoms with Gasteiger partial charge >= 0.3 is 11.8 Å². The third-order valence-corrected chi connectivity index (χ3v) is 4.18. The van der Waals surface area contributed by atoms with Gasteiger partial charge in [-0.05, 0) is 24.3 Å². The Kier molecular flexibility index (Phi) is 7.26. The molecule has 138 valence electrons. The smallest absolute Gasteiger partial charge is 0.313 e. The van der Waals surface area contributed by atoms with Crippen molar-refractivity contribution in [3.63, 3.8) is 0 Å². The first-order valence-electron chi connectivity index (χ1n) is 7.66. The first-order chi connectivity index (χ1) is 12.5. The Hall–Kier alpha value is -2.28. The predicted octanol–water partition coefficient (Wildman–Crippen LogP) is 3.44. The molecule has 0 aliphatic heterocycles. The van der Waals surface area contributed by atoms with E-state index in [0.717, 1.165) is 0 Å². The minimum Gasteiger partial charge on any atom is -0.495 e. The molecule has 0 fully saturated rings. The van der Waals surface area contributed by atoms with Crippen LogP contribution in [-0.2, 0) is 14.3 Å². The third-order valence-electron chi connectivity index (χ3n) is 3.60. The van der Waals surface area contributed by atoms with Gasteiger partial charge in [0.2, 0.25) is 0 Å². The van der Waals surface area contributed by atoms with Gasteiger partial charge in [-0.15, -0.1) is 0 Å². The molecule has 6 nitrogen and oxygen atoms in total. The summed E-state index contributed by atoms with van der Waals surface area (Å²) >= 11 is 12.0. The lowest BCUT2D eigenvalue weighted by molar-refractivity contribution is -0.136. The minimum atomic E-state index is -0.848. The second-order valence-electron chi connectivity index (χ2n) is 5.25. The molecule has 2 amide bonds. The lowest BCUT2D eigenvalue weighted by atomic mass is 10.1. The molecule has 0 aliphatic carbocycles. The average Bonchev–Trinajstić information content (AvgIpc) is 2.63. The molecule has 8 heteroatoms. The van der Waals surface area contributed by atoms with E-state index in [2.05, 4.69) is 10.6 Å². The second-order valence-corrected chi connectivity index (χ2v) is 6.10. The summed E-state index contributed by atoms with van der Waals surface area (Å²) in [4.78, 5) is 24.2. The number of nitrogens with one attached hydrogen (secondary N) is 2. The third kappa shape index (κ3) is 5.11. The molecule has 0 spiro atoms. The van der Waals surface area contributed by atoms with E-state index >= 15 is 0 Å². The van der Waals surface area contributed by atoms with Gasteiger partial charge in [0.15, 0.2) is 0 Å². The van der Waals surface area contributed by atoms with Gasteiger partial charge in [0, 0.05) is 29.3 Å². The Morgan fingerprint density at radius 1 is 1.08 bits per heavy atom. The van der Waals surface area contributed by atoms with Gasteiger partial charge in [-0.2, -0.15) is 0 Å². The summed E-state index contributed by atoms with van der Waals surface area (Å²) in [5, 5.41) is 5.91. The Morgan fingerprint density at radius 3 is 2.46 bits per heavy atom. The molecule has 0 saturated carbocycles. The van der Waals surface area contributed by atoms with E-state index in [1.807, 2.05) is 6.07 Å². The maximum atomic E-state index is 12.1. The van der Waals surface area contributed by atoms with Crippen LogP contribution in [0.3, 0.4) is 0 Å². The topological polar surface area (TPSA) is 76.7 Å². The Labute approximate surface area is 161 Å². The van der Waals surface area contributed by atoms with E-state index in [-0.39, 0.29) is 6.54 Å². The second kappa shape index (κ2) is 9.43. The van der Waals surface area contributed by atoms with Crippen LogP contribution in [0.5, 0.6) is 5.75 Å². The molecular formula is C18H18Cl2N2O4. The van der Waals surface area contributed by atoms with Crippen molar-refractivity contribution >= 4 is 40.7 Å². The van der Waals surface area contributed by atoms with Crippen LogP contribution in [0.4, 0.5) is 5.69 Å². The molecule has 1 unspecified atom stereocenters. The van der Waals surface area contributed by atoms with Crippen molar-refractivity contribution in [1.29, 1.82) is 0 Å². The summed E-state index contributed by atoms with van der Waals surface area (Å²) in [5.74, 6) is -1.28. The minimum absolute atomic E-state index is 0.0825. The number of rotatable bonds is 6. The maximum Gasteiger partial charge on any atom is 0.313 e. The highest BCUT2D eigenvalue weighted by molar-refractivity contribution is 6.40. The Bertz CT molecular complexity index is 799. The summed E-state index contributed by atoms with van der Waals surface area (Å²) in [6.45, 7) is 0.0825. The van der Waals surface area contributed by atoms with Crippen molar-refractivity contribution in [1.82, 2.24) is 5.32 Å². The fourth-order valence-electron chi connectivity index (χ4n) is 2.28. The highest BCUT2D eigenvalue weighted by Gasteiger charge is 2.19. The molecule has 0 aromatic heterocycles. The van der Waals surface area contributed by atoms with Gasteiger partial charge in [0.25, 0.3) is 0 Å². The highest BCUT2D eigenvalue weighted by atomic mass is 35.5. The Morgan fingerprint density at radius 2 is 1.81 bits per heavy atom. The van der Waals surface area contributed by atoms with Gasteiger partial charge in [-0.3, -0.25) is 9.59 Å². The molecule has 0 saturated heterocycles. The van der Waals surface area contributed by atoms with Crippen molar-refractivity contribution < 1.29 is 19.1 Å². The normalized spacial score (nSPS) is 11.5. The van der Waals surface area contributed by atoms with Crippen LogP contribution >= 0.6 is 23.2 Å². The first kappa shape index (κ1) is 20.0. The number of hydrogen-bond acceptors (Lipinski definition) is 4. The summed E-state index contributed by atoms with van der Waals surface area (Å²) < 4.78 is 10.5. The van der Waals surface area contributed by atoms with Crippen LogP contribution in [0.2, 0.25) is 10.0 Å². The van der Waals surface area contributed by atoms with E-state index in [0.29, 0.717) is 27.0 Å². The summed E-state index contributed by atoms with van der Waals surface area (Å²) in [6, 6.07) is 11.8. The number of benzene rings is 2. The molecule has 2 aromatic rings. The van der Waals surface area contributed by atoms with Gasteiger partial charge < -0.3 is 20.1 Å². The van der Waals surface area contributed by atoms with Crippen molar-refractivity contribution in [3.05, 3.63) is 58.1 Å². The Balaban J connectivity index is 2.00. The SMILES string of the molecule is COc1ccc(Cl)cc1NC(=O)C(=O)NCC(OC)c1ccccc1Cl. The molecule has 0 bridgehead atoms. The highest BCUT2D eigenvalue weighted by Crippen LogP contribution is 2.27. The van der Waals surface area contributed by atoms with E-state index < -0.39 is 17.9 Å².